The van der Waals surface area contributed by atoms with Gasteiger partial charge in [0.25, 0.3) is 0 Å². The molecule has 1 aromatic carbocycles. The molecule has 3 heteroatoms. The molecular weight excluding hydrogens is 234 g/mol. The molecule has 0 radical (unpaired) electrons. The molecule has 0 saturated carbocycles. The first kappa shape index (κ1) is 12.8. The summed E-state index contributed by atoms with van der Waals surface area (Å²) in [6, 6.07) is 6.73. The lowest BCUT2D eigenvalue weighted by atomic mass is 10.0. The predicted molar refractivity (Wildman–Crippen MR) is 82.2 cm³/mol. The second kappa shape index (κ2) is 5.83. The van der Waals surface area contributed by atoms with Crippen LogP contribution in [0.1, 0.15) is 25.3 Å². The van der Waals surface area contributed by atoms with E-state index in [2.05, 4.69) is 40.2 Å². The summed E-state index contributed by atoms with van der Waals surface area (Å²) < 4.78 is 0. The van der Waals surface area contributed by atoms with Gasteiger partial charge in [0.15, 0.2) is 0 Å². The summed E-state index contributed by atoms with van der Waals surface area (Å²) in [7, 11) is 0. The van der Waals surface area contributed by atoms with Crippen LogP contribution >= 0.6 is 0 Å². The predicted octanol–water partition coefficient (Wildman–Crippen LogP) is 2.58. The minimum atomic E-state index is 1.13. The Morgan fingerprint density at radius 2 is 2.00 bits per heavy atom. The van der Waals surface area contributed by atoms with Crippen LogP contribution in [0.25, 0.3) is 0 Å². The fraction of sp³-hybridized carbons (Fsp3) is 0.625. The molecule has 1 fully saturated rings. The molecule has 2 aliphatic heterocycles. The molecule has 3 rings (SSSR count). The molecule has 2 heterocycles. The van der Waals surface area contributed by atoms with Crippen molar-refractivity contribution in [2.24, 2.45) is 0 Å². The third-order valence-corrected chi connectivity index (χ3v) is 4.32. The zero-order chi connectivity index (χ0) is 13.1. The second-order valence-electron chi connectivity index (χ2n) is 5.66. The van der Waals surface area contributed by atoms with Gasteiger partial charge in [-0.15, -0.1) is 0 Å². The Balaban J connectivity index is 1.73. The Hall–Kier alpha value is -1.22. The van der Waals surface area contributed by atoms with Gasteiger partial charge in [0.05, 0.1) is 0 Å². The van der Waals surface area contributed by atoms with Crippen molar-refractivity contribution in [2.75, 3.05) is 49.5 Å². The van der Waals surface area contributed by atoms with Gasteiger partial charge in [0.2, 0.25) is 0 Å². The summed E-state index contributed by atoms with van der Waals surface area (Å²) in [5.74, 6) is 0. The molecule has 19 heavy (non-hydrogen) atoms. The lowest BCUT2D eigenvalue weighted by molar-refractivity contribution is 0.258. The van der Waals surface area contributed by atoms with Crippen molar-refractivity contribution in [3.8, 4) is 0 Å². The zero-order valence-corrected chi connectivity index (χ0v) is 12.0. The van der Waals surface area contributed by atoms with Gasteiger partial charge in [-0.3, -0.25) is 4.90 Å². The molecule has 1 aromatic rings. The number of hydrogen-bond donors (Lipinski definition) is 1. The maximum Gasteiger partial charge on any atom is 0.0420 e. The van der Waals surface area contributed by atoms with Crippen molar-refractivity contribution in [3.05, 3.63) is 23.8 Å². The van der Waals surface area contributed by atoms with Gasteiger partial charge in [0.1, 0.15) is 0 Å². The van der Waals surface area contributed by atoms with Gasteiger partial charge < -0.3 is 10.2 Å². The number of nitrogens with zero attached hydrogens (tertiary/aromatic N) is 2. The number of piperazine rings is 1. The highest BCUT2D eigenvalue weighted by Gasteiger charge is 2.20. The molecule has 0 spiro atoms. The highest BCUT2D eigenvalue weighted by molar-refractivity contribution is 5.68. The molecule has 0 atom stereocenters. The van der Waals surface area contributed by atoms with Crippen molar-refractivity contribution >= 4 is 11.4 Å². The summed E-state index contributed by atoms with van der Waals surface area (Å²) in [5, 5.41) is 3.53. The molecule has 0 unspecified atom stereocenters. The molecular formula is C16H25N3. The SMILES string of the molecule is CCCN1CCN(c2cccc3c2CCCN3)CC1. The summed E-state index contributed by atoms with van der Waals surface area (Å²) in [6.07, 6.45) is 3.76. The molecule has 0 bridgehead atoms. The van der Waals surface area contributed by atoms with E-state index in [-0.39, 0.29) is 0 Å². The molecule has 0 aliphatic carbocycles. The Morgan fingerprint density at radius 3 is 2.79 bits per heavy atom. The first-order valence-electron chi connectivity index (χ1n) is 7.71. The Bertz CT molecular complexity index is 422. The summed E-state index contributed by atoms with van der Waals surface area (Å²) in [6.45, 7) is 9.43. The standard InChI is InChI=1S/C16H25N3/c1-2-9-18-10-12-19(13-11-18)16-7-3-6-15-14(16)5-4-8-17-15/h3,6-7,17H,2,4-5,8-13H2,1H3. The lowest BCUT2D eigenvalue weighted by Gasteiger charge is -2.37. The van der Waals surface area contributed by atoms with E-state index >= 15 is 0 Å². The maximum atomic E-state index is 3.53. The van der Waals surface area contributed by atoms with Crippen LogP contribution in [0.4, 0.5) is 11.4 Å². The van der Waals surface area contributed by atoms with Crippen molar-refractivity contribution in [1.29, 1.82) is 0 Å². The summed E-state index contributed by atoms with van der Waals surface area (Å²) in [5.41, 5.74) is 4.37. The van der Waals surface area contributed by atoms with E-state index in [9.17, 15) is 0 Å². The third kappa shape index (κ3) is 2.71. The van der Waals surface area contributed by atoms with E-state index in [1.54, 1.807) is 0 Å². The molecule has 1 saturated heterocycles. The number of hydrogen-bond acceptors (Lipinski definition) is 3. The van der Waals surface area contributed by atoms with E-state index < -0.39 is 0 Å². The number of anilines is 2. The molecule has 0 amide bonds. The van der Waals surface area contributed by atoms with Crippen LogP contribution in [-0.4, -0.2) is 44.2 Å². The molecule has 2 aliphatic rings. The molecule has 0 aromatic heterocycles. The van der Waals surface area contributed by atoms with Crippen LogP contribution in [0, 0.1) is 0 Å². The maximum absolute atomic E-state index is 3.53. The van der Waals surface area contributed by atoms with Gasteiger partial charge in [-0.05, 0) is 43.5 Å². The van der Waals surface area contributed by atoms with E-state index in [0.717, 1.165) is 6.54 Å². The van der Waals surface area contributed by atoms with Crippen LogP contribution in [0.15, 0.2) is 18.2 Å². The third-order valence-electron chi connectivity index (χ3n) is 4.32. The van der Waals surface area contributed by atoms with E-state index in [1.807, 2.05) is 0 Å². The van der Waals surface area contributed by atoms with Crippen molar-refractivity contribution in [2.45, 2.75) is 26.2 Å². The van der Waals surface area contributed by atoms with Crippen molar-refractivity contribution in [3.63, 3.8) is 0 Å². The molecule has 1 N–H and O–H groups in total. The number of nitrogens with one attached hydrogen (secondary N) is 1. The summed E-state index contributed by atoms with van der Waals surface area (Å²) in [4.78, 5) is 5.17. The minimum absolute atomic E-state index is 1.13. The monoisotopic (exact) mass is 259 g/mol. The number of fused-ring (bicyclic) bond motifs is 1. The highest BCUT2D eigenvalue weighted by atomic mass is 15.3. The smallest absolute Gasteiger partial charge is 0.0420 e. The fourth-order valence-electron chi connectivity index (χ4n) is 3.32. The van der Waals surface area contributed by atoms with E-state index in [0.29, 0.717) is 0 Å². The van der Waals surface area contributed by atoms with Gasteiger partial charge >= 0.3 is 0 Å². The molecule has 104 valence electrons. The normalized spacial score (nSPS) is 19.9. The first-order valence-corrected chi connectivity index (χ1v) is 7.71. The fourth-order valence-corrected chi connectivity index (χ4v) is 3.32. The molecule has 3 nitrogen and oxygen atoms in total. The Labute approximate surface area is 116 Å². The van der Waals surface area contributed by atoms with E-state index in [1.165, 1.54) is 68.9 Å². The van der Waals surface area contributed by atoms with E-state index in [4.69, 9.17) is 0 Å². The largest absolute Gasteiger partial charge is 0.385 e. The Morgan fingerprint density at radius 1 is 1.16 bits per heavy atom. The van der Waals surface area contributed by atoms with Crippen molar-refractivity contribution in [1.82, 2.24) is 4.90 Å². The van der Waals surface area contributed by atoms with Crippen molar-refractivity contribution < 1.29 is 0 Å². The number of rotatable bonds is 3. The number of benzene rings is 1. The second-order valence-corrected chi connectivity index (χ2v) is 5.66. The van der Waals surface area contributed by atoms with Crippen LogP contribution in [0.5, 0.6) is 0 Å². The highest BCUT2D eigenvalue weighted by Crippen LogP contribution is 2.31. The minimum Gasteiger partial charge on any atom is -0.385 e. The zero-order valence-electron chi connectivity index (χ0n) is 12.0. The topological polar surface area (TPSA) is 18.5 Å². The summed E-state index contributed by atoms with van der Waals surface area (Å²) >= 11 is 0. The van der Waals surface area contributed by atoms with Crippen LogP contribution < -0.4 is 10.2 Å². The van der Waals surface area contributed by atoms with Gasteiger partial charge in [-0.2, -0.15) is 0 Å². The van der Waals surface area contributed by atoms with Gasteiger partial charge in [-0.1, -0.05) is 13.0 Å². The lowest BCUT2D eigenvalue weighted by Crippen LogP contribution is -2.46. The first-order chi connectivity index (χ1) is 9.38. The van der Waals surface area contributed by atoms with Crippen LogP contribution in [-0.2, 0) is 6.42 Å². The van der Waals surface area contributed by atoms with Gasteiger partial charge in [0, 0.05) is 44.1 Å². The average molecular weight is 259 g/mol. The quantitative estimate of drug-likeness (QED) is 0.900. The van der Waals surface area contributed by atoms with Gasteiger partial charge in [-0.25, -0.2) is 0 Å². The average Bonchev–Trinajstić information content (AvgIpc) is 2.48. The van der Waals surface area contributed by atoms with Crippen LogP contribution in [0.2, 0.25) is 0 Å². The van der Waals surface area contributed by atoms with Crippen LogP contribution in [0.3, 0.4) is 0 Å². The Kier molecular flexibility index (Phi) is 3.92.